The van der Waals surface area contributed by atoms with Crippen molar-refractivity contribution in [2.24, 2.45) is 0 Å². The molecule has 0 aliphatic carbocycles. The number of carbonyl (C=O) groups excluding carboxylic acids is 3. The Morgan fingerprint density at radius 1 is 1.11 bits per heavy atom. The Kier molecular flexibility index (Phi) is 5.71. The van der Waals surface area contributed by atoms with Crippen molar-refractivity contribution in [1.82, 2.24) is 0 Å². The fourth-order valence-corrected chi connectivity index (χ4v) is 2.86. The van der Waals surface area contributed by atoms with Gasteiger partial charge in [0.2, 0.25) is 5.91 Å². The highest BCUT2D eigenvalue weighted by atomic mass is 16.5. The van der Waals surface area contributed by atoms with E-state index in [1.807, 2.05) is 0 Å². The van der Waals surface area contributed by atoms with E-state index in [-0.39, 0.29) is 18.1 Å². The molecular formula is C20H20N2O5. The maximum Gasteiger partial charge on any atom is 0.339 e. The standard InChI is InChI=1S/C20H20N2O5/c1-26-20(25)16-5-2-3-6-17(16)21-18(23)13-27-15-10-8-14(9-11-15)22-12-4-7-19(22)24/h2-3,5-6,8-11H,4,7,12-13H2,1H3,(H,21,23). The summed E-state index contributed by atoms with van der Waals surface area (Å²) in [5.74, 6) is -0.293. The first-order valence-corrected chi connectivity index (χ1v) is 8.59. The van der Waals surface area contributed by atoms with Crippen LogP contribution >= 0.6 is 0 Å². The Hall–Kier alpha value is -3.35. The molecule has 0 atom stereocenters. The number of benzene rings is 2. The number of methoxy groups -OCH3 is 1. The van der Waals surface area contributed by atoms with Crippen LogP contribution in [0.3, 0.4) is 0 Å². The van der Waals surface area contributed by atoms with Crippen LogP contribution in [0.4, 0.5) is 11.4 Å². The number of hydrogen-bond donors (Lipinski definition) is 1. The van der Waals surface area contributed by atoms with Gasteiger partial charge in [0.25, 0.3) is 5.91 Å². The predicted molar refractivity (Wildman–Crippen MR) is 99.9 cm³/mol. The molecular weight excluding hydrogens is 348 g/mol. The van der Waals surface area contributed by atoms with Gasteiger partial charge in [0.1, 0.15) is 5.75 Å². The van der Waals surface area contributed by atoms with E-state index in [4.69, 9.17) is 9.47 Å². The minimum Gasteiger partial charge on any atom is -0.484 e. The molecule has 3 rings (SSSR count). The third-order valence-electron chi connectivity index (χ3n) is 4.20. The second kappa shape index (κ2) is 8.35. The molecule has 7 heteroatoms. The molecule has 0 bridgehead atoms. The lowest BCUT2D eigenvalue weighted by Crippen LogP contribution is -2.23. The molecule has 1 heterocycles. The Balaban J connectivity index is 1.57. The lowest BCUT2D eigenvalue weighted by atomic mass is 10.2. The van der Waals surface area contributed by atoms with E-state index in [0.717, 1.165) is 18.7 Å². The van der Waals surface area contributed by atoms with Crippen molar-refractivity contribution in [3.63, 3.8) is 0 Å². The van der Waals surface area contributed by atoms with E-state index >= 15 is 0 Å². The van der Waals surface area contributed by atoms with Crippen LogP contribution in [0.15, 0.2) is 48.5 Å². The maximum atomic E-state index is 12.1. The molecule has 27 heavy (non-hydrogen) atoms. The molecule has 0 unspecified atom stereocenters. The number of nitrogens with one attached hydrogen (secondary N) is 1. The van der Waals surface area contributed by atoms with Gasteiger partial charge in [-0.15, -0.1) is 0 Å². The number of carbonyl (C=O) groups is 3. The second-order valence-electron chi connectivity index (χ2n) is 6.02. The summed E-state index contributed by atoms with van der Waals surface area (Å²) in [6, 6.07) is 13.6. The quantitative estimate of drug-likeness (QED) is 0.793. The Bertz CT molecular complexity index is 848. The third kappa shape index (κ3) is 4.44. The van der Waals surface area contributed by atoms with Gasteiger partial charge in [-0.05, 0) is 42.8 Å². The second-order valence-corrected chi connectivity index (χ2v) is 6.02. The molecule has 1 fully saturated rings. The fourth-order valence-electron chi connectivity index (χ4n) is 2.86. The largest absolute Gasteiger partial charge is 0.484 e. The fraction of sp³-hybridized carbons (Fsp3) is 0.250. The first-order chi connectivity index (χ1) is 13.1. The van der Waals surface area contributed by atoms with Crippen LogP contribution in [-0.2, 0) is 14.3 Å². The molecule has 1 saturated heterocycles. The molecule has 2 amide bonds. The minimum absolute atomic E-state index is 0.118. The summed E-state index contributed by atoms with van der Waals surface area (Å²) in [5.41, 5.74) is 1.45. The summed E-state index contributed by atoms with van der Waals surface area (Å²) in [7, 11) is 1.28. The maximum absolute atomic E-state index is 12.1. The summed E-state index contributed by atoms with van der Waals surface area (Å²) in [6.45, 7) is 0.512. The number of ether oxygens (including phenoxy) is 2. The molecule has 1 aliphatic rings. The molecule has 0 saturated carbocycles. The summed E-state index contributed by atoms with van der Waals surface area (Å²) < 4.78 is 10.2. The monoisotopic (exact) mass is 368 g/mol. The summed E-state index contributed by atoms with van der Waals surface area (Å²) >= 11 is 0. The molecule has 2 aromatic rings. The van der Waals surface area contributed by atoms with E-state index in [1.54, 1.807) is 53.4 Å². The van der Waals surface area contributed by atoms with Crippen molar-refractivity contribution in [3.8, 4) is 5.75 Å². The van der Waals surface area contributed by atoms with Crippen molar-refractivity contribution in [1.29, 1.82) is 0 Å². The van der Waals surface area contributed by atoms with Crippen molar-refractivity contribution in [2.45, 2.75) is 12.8 Å². The SMILES string of the molecule is COC(=O)c1ccccc1NC(=O)COc1ccc(N2CCCC2=O)cc1. The zero-order chi connectivity index (χ0) is 19.2. The van der Waals surface area contributed by atoms with Gasteiger partial charge >= 0.3 is 5.97 Å². The van der Waals surface area contributed by atoms with E-state index in [0.29, 0.717) is 17.9 Å². The van der Waals surface area contributed by atoms with Gasteiger partial charge in [0, 0.05) is 18.7 Å². The Morgan fingerprint density at radius 2 is 1.85 bits per heavy atom. The van der Waals surface area contributed by atoms with Gasteiger partial charge in [-0.3, -0.25) is 9.59 Å². The van der Waals surface area contributed by atoms with Crippen LogP contribution in [0.1, 0.15) is 23.2 Å². The van der Waals surface area contributed by atoms with E-state index in [9.17, 15) is 14.4 Å². The van der Waals surface area contributed by atoms with Crippen LogP contribution in [-0.4, -0.2) is 38.0 Å². The lowest BCUT2D eigenvalue weighted by molar-refractivity contribution is -0.118. The average Bonchev–Trinajstić information content (AvgIpc) is 3.12. The molecule has 7 nitrogen and oxygen atoms in total. The van der Waals surface area contributed by atoms with Crippen LogP contribution in [0.5, 0.6) is 5.75 Å². The zero-order valence-electron chi connectivity index (χ0n) is 14.9. The van der Waals surface area contributed by atoms with Crippen LogP contribution < -0.4 is 15.0 Å². The highest BCUT2D eigenvalue weighted by molar-refractivity contribution is 6.01. The number of esters is 1. The highest BCUT2D eigenvalue weighted by Gasteiger charge is 2.21. The summed E-state index contributed by atoms with van der Waals surface area (Å²) in [5, 5.41) is 2.64. The van der Waals surface area contributed by atoms with Crippen LogP contribution in [0.25, 0.3) is 0 Å². The number of hydrogen-bond acceptors (Lipinski definition) is 5. The molecule has 1 aliphatic heterocycles. The Morgan fingerprint density at radius 3 is 2.52 bits per heavy atom. The number of nitrogens with zero attached hydrogens (tertiary/aromatic N) is 1. The smallest absolute Gasteiger partial charge is 0.339 e. The molecule has 2 aromatic carbocycles. The van der Waals surface area contributed by atoms with Gasteiger partial charge in [-0.25, -0.2) is 4.79 Å². The number of amides is 2. The van der Waals surface area contributed by atoms with Gasteiger partial charge in [0.15, 0.2) is 6.61 Å². The molecule has 0 radical (unpaired) electrons. The summed E-state index contributed by atoms with van der Waals surface area (Å²) in [6.07, 6.45) is 1.44. The van der Waals surface area contributed by atoms with Crippen LogP contribution in [0, 0.1) is 0 Å². The van der Waals surface area contributed by atoms with Crippen molar-refractivity contribution >= 4 is 29.2 Å². The summed E-state index contributed by atoms with van der Waals surface area (Å²) in [4.78, 5) is 37.3. The van der Waals surface area contributed by atoms with E-state index < -0.39 is 11.9 Å². The first kappa shape index (κ1) is 18.4. The molecule has 1 N–H and O–H groups in total. The molecule has 0 aromatic heterocycles. The highest BCUT2D eigenvalue weighted by Crippen LogP contribution is 2.24. The number of rotatable bonds is 6. The van der Waals surface area contributed by atoms with Crippen molar-refractivity contribution in [3.05, 3.63) is 54.1 Å². The third-order valence-corrected chi connectivity index (χ3v) is 4.20. The van der Waals surface area contributed by atoms with Gasteiger partial charge in [0.05, 0.1) is 18.4 Å². The predicted octanol–water partition coefficient (Wildman–Crippen LogP) is 2.62. The topological polar surface area (TPSA) is 84.9 Å². The van der Waals surface area contributed by atoms with Crippen molar-refractivity contribution in [2.75, 3.05) is 30.5 Å². The first-order valence-electron chi connectivity index (χ1n) is 8.59. The van der Waals surface area contributed by atoms with Gasteiger partial charge in [-0.1, -0.05) is 12.1 Å². The zero-order valence-corrected chi connectivity index (χ0v) is 14.9. The molecule has 140 valence electrons. The van der Waals surface area contributed by atoms with E-state index in [1.165, 1.54) is 7.11 Å². The van der Waals surface area contributed by atoms with Gasteiger partial charge < -0.3 is 19.7 Å². The minimum atomic E-state index is -0.529. The lowest BCUT2D eigenvalue weighted by Gasteiger charge is -2.16. The van der Waals surface area contributed by atoms with Crippen LogP contribution in [0.2, 0.25) is 0 Å². The Labute approximate surface area is 156 Å². The number of anilines is 2. The van der Waals surface area contributed by atoms with Gasteiger partial charge in [-0.2, -0.15) is 0 Å². The van der Waals surface area contributed by atoms with Crippen molar-refractivity contribution < 1.29 is 23.9 Å². The van der Waals surface area contributed by atoms with E-state index in [2.05, 4.69) is 5.32 Å². The average molecular weight is 368 g/mol. The normalized spacial score (nSPS) is 13.4. The number of para-hydroxylation sites is 1. The molecule has 0 spiro atoms.